The van der Waals surface area contributed by atoms with E-state index >= 15 is 0 Å². The van der Waals surface area contributed by atoms with E-state index in [1.54, 1.807) is 18.6 Å². The number of H-pyrrole nitrogens is 1. The van der Waals surface area contributed by atoms with Gasteiger partial charge in [-0.15, -0.1) is 0 Å². The predicted octanol–water partition coefficient (Wildman–Crippen LogP) is 1.31. The van der Waals surface area contributed by atoms with Crippen molar-refractivity contribution in [2.45, 2.75) is 12.5 Å². The summed E-state index contributed by atoms with van der Waals surface area (Å²) in [5, 5.41) is 0. The fraction of sp³-hybridized carbons (Fsp3) is 0.200. The van der Waals surface area contributed by atoms with Gasteiger partial charge in [-0.2, -0.15) is 0 Å². The van der Waals surface area contributed by atoms with Crippen molar-refractivity contribution in [2.75, 3.05) is 0 Å². The number of nitrogens with zero attached hydrogens (tertiary/aromatic N) is 2. The number of hydrogen-bond donors (Lipinski definition) is 3. The van der Waals surface area contributed by atoms with Crippen LogP contribution in [0.4, 0.5) is 0 Å². The lowest BCUT2D eigenvalue weighted by Crippen LogP contribution is -2.30. The molecule has 0 radical (unpaired) electrons. The highest BCUT2D eigenvalue weighted by Gasteiger charge is 2.12. The van der Waals surface area contributed by atoms with Gasteiger partial charge < -0.3 is 4.98 Å². The Balaban J connectivity index is 2.13. The summed E-state index contributed by atoms with van der Waals surface area (Å²) in [5.41, 5.74) is 3.83. The number of pyridine rings is 1. The van der Waals surface area contributed by atoms with Gasteiger partial charge in [0.15, 0.2) is 0 Å². The molecule has 16 heavy (non-hydrogen) atoms. The van der Waals surface area contributed by atoms with E-state index in [4.69, 9.17) is 5.84 Å². The maximum absolute atomic E-state index is 5.51. The molecule has 0 aliphatic rings. The molecular formula is C10H12BrN5. The van der Waals surface area contributed by atoms with Crippen LogP contribution >= 0.6 is 15.9 Å². The normalized spacial score (nSPS) is 12.6. The third-order valence-corrected chi connectivity index (χ3v) is 2.69. The van der Waals surface area contributed by atoms with Crippen LogP contribution in [0.5, 0.6) is 0 Å². The maximum atomic E-state index is 5.51. The quantitative estimate of drug-likeness (QED) is 0.583. The molecule has 1 unspecified atom stereocenters. The first-order chi connectivity index (χ1) is 7.79. The average molecular weight is 282 g/mol. The molecule has 0 saturated carbocycles. The zero-order valence-electron chi connectivity index (χ0n) is 8.52. The molecule has 0 fully saturated rings. The fourth-order valence-electron chi connectivity index (χ4n) is 1.51. The van der Waals surface area contributed by atoms with Crippen LogP contribution in [0.3, 0.4) is 0 Å². The van der Waals surface area contributed by atoms with Crippen molar-refractivity contribution in [1.82, 2.24) is 20.4 Å². The molecular weight excluding hydrogens is 270 g/mol. The second-order valence-corrected chi connectivity index (χ2v) is 4.32. The number of aromatic nitrogens is 3. The monoisotopic (exact) mass is 281 g/mol. The third kappa shape index (κ3) is 2.66. The number of rotatable bonds is 4. The number of aromatic amines is 1. The standard InChI is InChI=1S/C10H12BrN5/c11-8-3-7(5-13-6-8)4-9(16-12)10-14-1-2-15-10/h1-3,5-6,9,16H,4,12H2,(H,14,15). The largest absolute Gasteiger partial charge is 0.347 e. The molecule has 1 atom stereocenters. The highest BCUT2D eigenvalue weighted by atomic mass is 79.9. The molecule has 2 heterocycles. The zero-order valence-corrected chi connectivity index (χ0v) is 10.1. The van der Waals surface area contributed by atoms with Gasteiger partial charge in [-0.1, -0.05) is 0 Å². The predicted molar refractivity (Wildman–Crippen MR) is 64.3 cm³/mol. The Labute approximate surface area is 102 Å². The van der Waals surface area contributed by atoms with Gasteiger partial charge in [-0.05, 0) is 34.0 Å². The van der Waals surface area contributed by atoms with Crippen molar-refractivity contribution in [1.29, 1.82) is 0 Å². The maximum Gasteiger partial charge on any atom is 0.124 e. The molecule has 84 valence electrons. The summed E-state index contributed by atoms with van der Waals surface area (Å²) in [7, 11) is 0. The Morgan fingerprint density at radius 2 is 2.38 bits per heavy atom. The molecule has 0 spiro atoms. The van der Waals surface area contributed by atoms with E-state index in [1.165, 1.54) is 0 Å². The first kappa shape index (κ1) is 11.3. The second kappa shape index (κ2) is 5.20. The average Bonchev–Trinajstić information content (AvgIpc) is 2.79. The summed E-state index contributed by atoms with van der Waals surface area (Å²) in [6, 6.07) is 1.98. The number of hydrazine groups is 1. The van der Waals surface area contributed by atoms with Crippen LogP contribution in [0.2, 0.25) is 0 Å². The van der Waals surface area contributed by atoms with Crippen LogP contribution in [0.15, 0.2) is 35.3 Å². The van der Waals surface area contributed by atoms with Gasteiger partial charge in [0.25, 0.3) is 0 Å². The van der Waals surface area contributed by atoms with Crippen LogP contribution in [0, 0.1) is 0 Å². The Kier molecular flexibility index (Phi) is 3.66. The molecule has 0 aromatic carbocycles. The summed E-state index contributed by atoms with van der Waals surface area (Å²) in [6.45, 7) is 0. The van der Waals surface area contributed by atoms with Gasteiger partial charge in [0, 0.05) is 29.3 Å². The van der Waals surface area contributed by atoms with E-state index in [2.05, 4.69) is 36.3 Å². The molecule has 0 aliphatic heterocycles. The second-order valence-electron chi connectivity index (χ2n) is 3.41. The summed E-state index contributed by atoms with van der Waals surface area (Å²) < 4.78 is 0.959. The van der Waals surface area contributed by atoms with Crippen LogP contribution in [-0.4, -0.2) is 15.0 Å². The summed E-state index contributed by atoms with van der Waals surface area (Å²) in [4.78, 5) is 11.3. The van der Waals surface area contributed by atoms with E-state index in [-0.39, 0.29) is 6.04 Å². The van der Waals surface area contributed by atoms with Gasteiger partial charge in [-0.25, -0.2) is 10.4 Å². The van der Waals surface area contributed by atoms with Crippen molar-refractivity contribution in [2.24, 2.45) is 5.84 Å². The molecule has 2 aromatic heterocycles. The van der Waals surface area contributed by atoms with Crippen molar-refractivity contribution < 1.29 is 0 Å². The lowest BCUT2D eigenvalue weighted by atomic mass is 10.1. The Morgan fingerprint density at radius 1 is 1.50 bits per heavy atom. The number of halogens is 1. The third-order valence-electron chi connectivity index (χ3n) is 2.25. The van der Waals surface area contributed by atoms with Crippen molar-refractivity contribution >= 4 is 15.9 Å². The van der Waals surface area contributed by atoms with E-state index in [9.17, 15) is 0 Å². The Bertz CT molecular complexity index is 442. The van der Waals surface area contributed by atoms with Gasteiger partial charge in [0.1, 0.15) is 5.82 Å². The van der Waals surface area contributed by atoms with E-state index < -0.39 is 0 Å². The first-order valence-electron chi connectivity index (χ1n) is 4.84. The Morgan fingerprint density at radius 3 is 3.00 bits per heavy atom. The lowest BCUT2D eigenvalue weighted by Gasteiger charge is -2.13. The van der Waals surface area contributed by atoms with Crippen LogP contribution in [0.1, 0.15) is 17.4 Å². The molecule has 2 aromatic rings. The molecule has 0 aliphatic carbocycles. The van der Waals surface area contributed by atoms with Crippen LogP contribution < -0.4 is 11.3 Å². The number of hydrogen-bond acceptors (Lipinski definition) is 4. The molecule has 0 saturated heterocycles. The van der Waals surface area contributed by atoms with Crippen molar-refractivity contribution in [3.63, 3.8) is 0 Å². The van der Waals surface area contributed by atoms with E-state index in [1.807, 2.05) is 12.3 Å². The van der Waals surface area contributed by atoms with E-state index in [0.29, 0.717) is 0 Å². The number of nitrogens with one attached hydrogen (secondary N) is 2. The molecule has 2 rings (SSSR count). The van der Waals surface area contributed by atoms with Crippen molar-refractivity contribution in [3.05, 3.63) is 46.7 Å². The molecule has 0 bridgehead atoms. The summed E-state index contributed by atoms with van der Waals surface area (Å²) in [5.74, 6) is 6.33. The van der Waals surface area contributed by atoms with Crippen LogP contribution in [-0.2, 0) is 6.42 Å². The van der Waals surface area contributed by atoms with Gasteiger partial charge in [-0.3, -0.25) is 10.8 Å². The van der Waals surface area contributed by atoms with Crippen LogP contribution in [0.25, 0.3) is 0 Å². The highest BCUT2D eigenvalue weighted by molar-refractivity contribution is 9.10. The van der Waals surface area contributed by atoms with Gasteiger partial charge >= 0.3 is 0 Å². The minimum atomic E-state index is -0.0360. The topological polar surface area (TPSA) is 79.6 Å². The summed E-state index contributed by atoms with van der Waals surface area (Å²) in [6.07, 6.45) is 7.79. The SMILES string of the molecule is NNC(Cc1cncc(Br)c1)c1ncc[nH]1. The van der Waals surface area contributed by atoms with Gasteiger partial charge in [0.2, 0.25) is 0 Å². The highest BCUT2D eigenvalue weighted by Crippen LogP contribution is 2.16. The molecule has 0 amide bonds. The number of nitrogens with two attached hydrogens (primary N) is 1. The van der Waals surface area contributed by atoms with E-state index in [0.717, 1.165) is 22.3 Å². The molecule has 5 nitrogen and oxygen atoms in total. The smallest absolute Gasteiger partial charge is 0.124 e. The van der Waals surface area contributed by atoms with Gasteiger partial charge in [0.05, 0.1) is 6.04 Å². The zero-order chi connectivity index (χ0) is 11.4. The lowest BCUT2D eigenvalue weighted by molar-refractivity contribution is 0.527. The minimum Gasteiger partial charge on any atom is -0.347 e. The number of imidazole rings is 1. The molecule has 4 N–H and O–H groups in total. The first-order valence-corrected chi connectivity index (χ1v) is 5.63. The van der Waals surface area contributed by atoms with Crippen molar-refractivity contribution in [3.8, 4) is 0 Å². The molecule has 6 heteroatoms. The summed E-state index contributed by atoms with van der Waals surface area (Å²) >= 11 is 3.39. The Hall–Kier alpha value is -1.24. The fourth-order valence-corrected chi connectivity index (χ4v) is 1.92. The minimum absolute atomic E-state index is 0.0360.